The number of aryl methyl sites for hydroxylation is 1. The summed E-state index contributed by atoms with van der Waals surface area (Å²) in [4.78, 5) is 41.9. The van der Waals surface area contributed by atoms with E-state index in [0.29, 0.717) is 27.1 Å². The highest BCUT2D eigenvalue weighted by atomic mass is 32.1. The zero-order valence-corrected chi connectivity index (χ0v) is 15.1. The molecule has 130 valence electrons. The molecule has 0 N–H and O–H groups in total. The van der Waals surface area contributed by atoms with E-state index in [4.69, 9.17) is 9.47 Å². The van der Waals surface area contributed by atoms with Crippen molar-refractivity contribution in [1.29, 1.82) is 0 Å². The molecular weight excluding hydrogens is 332 g/mol. The molecule has 0 unspecified atom stereocenters. The number of carbonyl (C=O) groups excluding carboxylic acids is 2. The largest absolute Gasteiger partial charge is 0.467 e. The Morgan fingerprint density at radius 2 is 2.04 bits per heavy atom. The molecule has 2 rings (SSSR count). The Hall–Kier alpha value is -2.22. The molecule has 0 aliphatic rings. The van der Waals surface area contributed by atoms with Gasteiger partial charge in [0, 0.05) is 0 Å². The Morgan fingerprint density at radius 3 is 2.58 bits per heavy atom. The standard InChI is InChI=1S/C16H20N2O5S/c1-6-10(15(20)22-5)18-7-17-13-11(14(18)19)9(4)12(24-13)16(21)23-8(2)3/h7-8,10H,6H2,1-5H3/t10-/m0/s1. The molecule has 0 aliphatic carbocycles. The Bertz CT molecular complexity index is 837. The van der Waals surface area contributed by atoms with E-state index in [2.05, 4.69) is 4.98 Å². The van der Waals surface area contributed by atoms with Gasteiger partial charge in [0.25, 0.3) is 5.56 Å². The number of thiophene rings is 1. The molecule has 0 amide bonds. The average Bonchev–Trinajstić information content (AvgIpc) is 2.87. The van der Waals surface area contributed by atoms with Crippen molar-refractivity contribution in [3.8, 4) is 0 Å². The summed E-state index contributed by atoms with van der Waals surface area (Å²) >= 11 is 1.12. The van der Waals surface area contributed by atoms with E-state index < -0.39 is 18.0 Å². The van der Waals surface area contributed by atoms with E-state index in [1.165, 1.54) is 18.0 Å². The van der Waals surface area contributed by atoms with Gasteiger partial charge >= 0.3 is 11.9 Å². The lowest BCUT2D eigenvalue weighted by atomic mass is 10.2. The van der Waals surface area contributed by atoms with Crippen LogP contribution in [0.2, 0.25) is 0 Å². The molecule has 0 spiro atoms. The molecule has 7 nitrogen and oxygen atoms in total. The van der Waals surface area contributed by atoms with E-state index in [9.17, 15) is 14.4 Å². The number of esters is 2. The molecule has 0 aliphatic heterocycles. The van der Waals surface area contributed by atoms with Crippen LogP contribution in [0.1, 0.15) is 48.5 Å². The highest BCUT2D eigenvalue weighted by Gasteiger charge is 2.25. The predicted octanol–water partition coefficient (Wildman–Crippen LogP) is 2.46. The third-order valence-corrected chi connectivity index (χ3v) is 4.78. The second kappa shape index (κ2) is 7.12. The molecular formula is C16H20N2O5S. The summed E-state index contributed by atoms with van der Waals surface area (Å²) in [6.45, 7) is 6.98. The minimum Gasteiger partial charge on any atom is -0.467 e. The van der Waals surface area contributed by atoms with Gasteiger partial charge in [-0.1, -0.05) is 6.92 Å². The van der Waals surface area contributed by atoms with Crippen LogP contribution < -0.4 is 5.56 Å². The molecule has 0 aromatic carbocycles. The average molecular weight is 352 g/mol. The topological polar surface area (TPSA) is 87.5 Å². The lowest BCUT2D eigenvalue weighted by molar-refractivity contribution is -0.144. The number of fused-ring (bicyclic) bond motifs is 1. The van der Waals surface area contributed by atoms with Crippen molar-refractivity contribution in [2.45, 2.75) is 46.3 Å². The summed E-state index contributed by atoms with van der Waals surface area (Å²) in [5.41, 5.74) is 0.154. The Balaban J connectivity index is 2.60. The minimum absolute atomic E-state index is 0.254. The molecule has 2 aromatic heterocycles. The maximum Gasteiger partial charge on any atom is 0.348 e. The lowest BCUT2D eigenvalue weighted by Crippen LogP contribution is -2.30. The first-order valence-corrected chi connectivity index (χ1v) is 8.42. The lowest BCUT2D eigenvalue weighted by Gasteiger charge is -2.15. The summed E-state index contributed by atoms with van der Waals surface area (Å²) in [6.07, 6.45) is 1.46. The quantitative estimate of drug-likeness (QED) is 0.768. The fourth-order valence-corrected chi connectivity index (χ4v) is 3.46. The number of methoxy groups -OCH3 is 1. The molecule has 0 saturated heterocycles. The van der Waals surface area contributed by atoms with Gasteiger partial charge in [0.2, 0.25) is 0 Å². The molecule has 0 saturated carbocycles. The molecule has 24 heavy (non-hydrogen) atoms. The van der Waals surface area contributed by atoms with Gasteiger partial charge in [-0.15, -0.1) is 11.3 Å². The Labute approximate surface area is 143 Å². The van der Waals surface area contributed by atoms with E-state index in [1.807, 2.05) is 0 Å². The van der Waals surface area contributed by atoms with Gasteiger partial charge in [0.05, 0.1) is 24.9 Å². The van der Waals surface area contributed by atoms with Crippen molar-refractivity contribution in [1.82, 2.24) is 9.55 Å². The summed E-state index contributed by atoms with van der Waals surface area (Å²) in [5, 5.41) is 0.334. The summed E-state index contributed by atoms with van der Waals surface area (Å²) in [7, 11) is 1.28. The van der Waals surface area contributed by atoms with Gasteiger partial charge in [-0.3, -0.25) is 9.36 Å². The van der Waals surface area contributed by atoms with Crippen LogP contribution in [0.5, 0.6) is 0 Å². The van der Waals surface area contributed by atoms with Crippen LogP contribution >= 0.6 is 11.3 Å². The van der Waals surface area contributed by atoms with E-state index >= 15 is 0 Å². The van der Waals surface area contributed by atoms with Gasteiger partial charge in [-0.2, -0.15) is 0 Å². The van der Waals surface area contributed by atoms with Crippen LogP contribution in [-0.4, -0.2) is 34.7 Å². The normalized spacial score (nSPS) is 12.4. The van der Waals surface area contributed by atoms with Gasteiger partial charge in [-0.25, -0.2) is 14.6 Å². The Kier molecular flexibility index (Phi) is 5.38. The molecule has 8 heteroatoms. The van der Waals surface area contributed by atoms with E-state index in [1.54, 1.807) is 27.7 Å². The van der Waals surface area contributed by atoms with Crippen LogP contribution in [0, 0.1) is 6.92 Å². The first kappa shape index (κ1) is 18.1. The van der Waals surface area contributed by atoms with Crippen LogP contribution in [0.3, 0.4) is 0 Å². The molecule has 2 heterocycles. The molecule has 0 radical (unpaired) electrons. The third-order valence-electron chi connectivity index (χ3n) is 3.60. The fourth-order valence-electron chi connectivity index (χ4n) is 2.43. The van der Waals surface area contributed by atoms with Crippen LogP contribution in [0.25, 0.3) is 10.2 Å². The first-order valence-electron chi connectivity index (χ1n) is 7.60. The summed E-state index contributed by atoms with van der Waals surface area (Å²) < 4.78 is 11.2. The number of ether oxygens (including phenoxy) is 2. The SMILES string of the molecule is CC[C@@H](C(=O)OC)n1cnc2sc(C(=O)OC(C)C)c(C)c2c1=O. The number of aromatic nitrogens is 2. The van der Waals surface area contributed by atoms with Crippen LogP contribution in [0.15, 0.2) is 11.1 Å². The second-order valence-corrected chi connectivity index (χ2v) is 6.59. The van der Waals surface area contributed by atoms with Gasteiger partial charge in [0.1, 0.15) is 15.7 Å². The van der Waals surface area contributed by atoms with Crippen molar-refractivity contribution < 1.29 is 19.1 Å². The first-order chi connectivity index (χ1) is 11.3. The zero-order chi connectivity index (χ0) is 18.0. The number of nitrogens with zero attached hydrogens (tertiary/aromatic N) is 2. The molecule has 0 bridgehead atoms. The molecule has 2 aromatic rings. The van der Waals surface area contributed by atoms with Gasteiger partial charge in [0.15, 0.2) is 0 Å². The summed E-state index contributed by atoms with van der Waals surface area (Å²) in [6, 6.07) is -0.746. The molecule has 1 atom stereocenters. The van der Waals surface area contributed by atoms with Gasteiger partial charge in [-0.05, 0) is 32.8 Å². The van der Waals surface area contributed by atoms with Gasteiger partial charge < -0.3 is 9.47 Å². The monoisotopic (exact) mass is 352 g/mol. The number of hydrogen-bond acceptors (Lipinski definition) is 7. The van der Waals surface area contributed by atoms with Crippen LogP contribution in [0.4, 0.5) is 0 Å². The zero-order valence-electron chi connectivity index (χ0n) is 14.3. The van der Waals surface area contributed by atoms with Crippen molar-refractivity contribution in [3.05, 3.63) is 27.1 Å². The van der Waals surface area contributed by atoms with Crippen molar-refractivity contribution in [2.24, 2.45) is 0 Å². The van der Waals surface area contributed by atoms with Crippen molar-refractivity contribution in [3.63, 3.8) is 0 Å². The van der Waals surface area contributed by atoms with Crippen molar-refractivity contribution in [2.75, 3.05) is 7.11 Å². The van der Waals surface area contributed by atoms with Crippen LogP contribution in [-0.2, 0) is 14.3 Å². The maximum atomic E-state index is 12.8. The maximum absolute atomic E-state index is 12.8. The fraction of sp³-hybridized carbons (Fsp3) is 0.500. The van der Waals surface area contributed by atoms with Crippen molar-refractivity contribution >= 4 is 33.5 Å². The molecule has 0 fully saturated rings. The minimum atomic E-state index is -0.746. The number of hydrogen-bond donors (Lipinski definition) is 0. The highest BCUT2D eigenvalue weighted by molar-refractivity contribution is 7.20. The Morgan fingerprint density at radius 1 is 1.38 bits per heavy atom. The smallest absolute Gasteiger partial charge is 0.348 e. The summed E-state index contributed by atoms with van der Waals surface area (Å²) in [5.74, 6) is -0.982. The second-order valence-electron chi connectivity index (χ2n) is 5.59. The van der Waals surface area contributed by atoms with E-state index in [-0.39, 0.29) is 11.7 Å². The number of rotatable bonds is 5. The predicted molar refractivity (Wildman–Crippen MR) is 90.5 cm³/mol. The number of carbonyl (C=O) groups is 2. The highest BCUT2D eigenvalue weighted by Crippen LogP contribution is 2.28. The van der Waals surface area contributed by atoms with E-state index in [0.717, 1.165) is 11.3 Å². The third kappa shape index (κ3) is 3.19.